The summed E-state index contributed by atoms with van der Waals surface area (Å²) in [5.41, 5.74) is 0.772. The number of carbonyl (C=O) groups excluding carboxylic acids is 1. The molecule has 1 aliphatic rings. The van der Waals surface area contributed by atoms with E-state index in [0.717, 1.165) is 18.7 Å². The fourth-order valence-corrected chi connectivity index (χ4v) is 3.06. The smallest absolute Gasteiger partial charge is 0.256 e. The lowest BCUT2D eigenvalue weighted by Crippen LogP contribution is -2.51. The average Bonchev–Trinajstić information content (AvgIpc) is 2.67. The molecule has 0 aliphatic carbocycles. The van der Waals surface area contributed by atoms with Crippen LogP contribution in [0, 0.1) is 5.82 Å². The van der Waals surface area contributed by atoms with Gasteiger partial charge in [0.2, 0.25) is 0 Å². The van der Waals surface area contributed by atoms with Crippen molar-refractivity contribution in [1.29, 1.82) is 0 Å². The predicted octanol–water partition coefficient (Wildman–Crippen LogP) is 3.11. The van der Waals surface area contributed by atoms with Crippen molar-refractivity contribution in [3.63, 3.8) is 0 Å². The molecule has 138 valence electrons. The second-order valence-electron chi connectivity index (χ2n) is 6.35. The highest BCUT2D eigenvalue weighted by molar-refractivity contribution is 5.97. The first-order valence-corrected chi connectivity index (χ1v) is 8.66. The molecule has 2 aromatic rings. The molecule has 3 rings (SSSR count). The number of amides is 1. The molecule has 2 N–H and O–H groups in total. The van der Waals surface area contributed by atoms with Gasteiger partial charge in [-0.15, -0.1) is 0 Å². The SMILES string of the molecule is COC1(C(=O)Nc2cccc(COc3cccc(F)c3)c2)CCNCC1. The third-order valence-corrected chi connectivity index (χ3v) is 4.60. The van der Waals surface area contributed by atoms with Gasteiger partial charge in [0.15, 0.2) is 0 Å². The molecule has 0 saturated carbocycles. The number of methoxy groups -OCH3 is 1. The van der Waals surface area contributed by atoms with Crippen molar-refractivity contribution < 1.29 is 18.7 Å². The fraction of sp³-hybridized carbons (Fsp3) is 0.350. The van der Waals surface area contributed by atoms with Crippen LogP contribution in [0.5, 0.6) is 5.75 Å². The van der Waals surface area contributed by atoms with Crippen molar-refractivity contribution in [2.75, 3.05) is 25.5 Å². The summed E-state index contributed by atoms with van der Waals surface area (Å²) in [5.74, 6) is -0.00692. The Labute approximate surface area is 152 Å². The highest BCUT2D eigenvalue weighted by atomic mass is 19.1. The van der Waals surface area contributed by atoms with E-state index < -0.39 is 5.60 Å². The number of benzene rings is 2. The molecular formula is C20H23FN2O3. The van der Waals surface area contributed by atoms with Crippen LogP contribution in [0.25, 0.3) is 0 Å². The maximum Gasteiger partial charge on any atom is 0.256 e. The number of halogens is 1. The number of anilines is 1. The molecule has 1 heterocycles. The van der Waals surface area contributed by atoms with E-state index in [0.29, 0.717) is 24.3 Å². The van der Waals surface area contributed by atoms with Crippen LogP contribution in [0.3, 0.4) is 0 Å². The minimum Gasteiger partial charge on any atom is -0.489 e. The van der Waals surface area contributed by atoms with Crippen LogP contribution >= 0.6 is 0 Å². The molecule has 0 spiro atoms. The van der Waals surface area contributed by atoms with Crippen LogP contribution in [0.15, 0.2) is 48.5 Å². The number of hydrogen-bond acceptors (Lipinski definition) is 4. The van der Waals surface area contributed by atoms with E-state index in [1.54, 1.807) is 19.2 Å². The molecule has 1 saturated heterocycles. The van der Waals surface area contributed by atoms with E-state index in [1.807, 2.05) is 24.3 Å². The first-order valence-electron chi connectivity index (χ1n) is 8.66. The summed E-state index contributed by atoms with van der Waals surface area (Å²) in [6.07, 6.45) is 1.27. The fourth-order valence-electron chi connectivity index (χ4n) is 3.06. The minimum absolute atomic E-state index is 0.135. The van der Waals surface area contributed by atoms with Crippen molar-refractivity contribution in [3.05, 3.63) is 59.9 Å². The lowest BCUT2D eigenvalue weighted by molar-refractivity contribution is -0.140. The first kappa shape index (κ1) is 18.4. The summed E-state index contributed by atoms with van der Waals surface area (Å²) >= 11 is 0. The van der Waals surface area contributed by atoms with Gasteiger partial charge < -0.3 is 20.1 Å². The maximum atomic E-state index is 13.2. The highest BCUT2D eigenvalue weighted by Gasteiger charge is 2.39. The maximum absolute atomic E-state index is 13.2. The molecule has 1 amide bonds. The number of piperidine rings is 1. The topological polar surface area (TPSA) is 59.6 Å². The van der Waals surface area contributed by atoms with Crippen LogP contribution in [-0.2, 0) is 16.1 Å². The molecular weight excluding hydrogens is 335 g/mol. The second-order valence-corrected chi connectivity index (χ2v) is 6.35. The molecule has 0 atom stereocenters. The molecule has 0 aromatic heterocycles. The van der Waals surface area contributed by atoms with E-state index in [4.69, 9.17) is 9.47 Å². The third-order valence-electron chi connectivity index (χ3n) is 4.60. The molecule has 6 heteroatoms. The van der Waals surface area contributed by atoms with Gasteiger partial charge in [0.05, 0.1) is 0 Å². The van der Waals surface area contributed by atoms with Crippen molar-refractivity contribution in [2.45, 2.75) is 25.0 Å². The van der Waals surface area contributed by atoms with Gasteiger partial charge in [0.25, 0.3) is 5.91 Å². The van der Waals surface area contributed by atoms with Gasteiger partial charge in [-0.1, -0.05) is 18.2 Å². The van der Waals surface area contributed by atoms with E-state index in [2.05, 4.69) is 10.6 Å². The van der Waals surface area contributed by atoms with E-state index in [-0.39, 0.29) is 18.3 Å². The molecule has 5 nitrogen and oxygen atoms in total. The van der Waals surface area contributed by atoms with Gasteiger partial charge in [0.1, 0.15) is 23.8 Å². The predicted molar refractivity (Wildman–Crippen MR) is 97.6 cm³/mol. The molecule has 1 aliphatic heterocycles. The Morgan fingerprint density at radius 3 is 2.69 bits per heavy atom. The standard InChI is InChI=1S/C20H23FN2O3/c1-25-20(8-10-22-11-9-20)19(24)23-17-6-2-4-15(12-17)14-26-18-7-3-5-16(21)13-18/h2-7,12-13,22H,8-11,14H2,1H3,(H,23,24). The zero-order valence-electron chi connectivity index (χ0n) is 14.8. The molecule has 0 radical (unpaired) electrons. The van der Waals surface area contributed by atoms with Crippen molar-refractivity contribution in [2.24, 2.45) is 0 Å². The van der Waals surface area contributed by atoms with Crippen molar-refractivity contribution in [3.8, 4) is 5.75 Å². The Balaban J connectivity index is 1.64. The van der Waals surface area contributed by atoms with Crippen molar-refractivity contribution in [1.82, 2.24) is 5.32 Å². The molecule has 1 fully saturated rings. The Morgan fingerprint density at radius 1 is 1.19 bits per heavy atom. The summed E-state index contributed by atoms with van der Waals surface area (Å²) in [6.45, 7) is 1.79. The van der Waals surface area contributed by atoms with Crippen LogP contribution in [0.2, 0.25) is 0 Å². The summed E-state index contributed by atoms with van der Waals surface area (Å²) in [7, 11) is 1.58. The number of rotatable bonds is 6. The quantitative estimate of drug-likeness (QED) is 0.833. The van der Waals surface area contributed by atoms with E-state index >= 15 is 0 Å². The molecule has 0 unspecified atom stereocenters. The van der Waals surface area contributed by atoms with Crippen molar-refractivity contribution >= 4 is 11.6 Å². The van der Waals surface area contributed by atoms with Gasteiger partial charge in [-0.2, -0.15) is 0 Å². The zero-order chi connectivity index (χ0) is 18.4. The van der Waals surface area contributed by atoms with Crippen LogP contribution in [0.4, 0.5) is 10.1 Å². The highest BCUT2D eigenvalue weighted by Crippen LogP contribution is 2.25. The lowest BCUT2D eigenvalue weighted by Gasteiger charge is -2.34. The number of carbonyl (C=O) groups is 1. The third kappa shape index (κ3) is 4.39. The monoisotopic (exact) mass is 358 g/mol. The van der Waals surface area contributed by atoms with E-state index in [1.165, 1.54) is 12.1 Å². The summed E-state index contributed by atoms with van der Waals surface area (Å²) in [4.78, 5) is 12.7. The summed E-state index contributed by atoms with van der Waals surface area (Å²) in [5, 5.41) is 6.18. The molecule has 0 bridgehead atoms. The number of nitrogens with one attached hydrogen (secondary N) is 2. The van der Waals surface area contributed by atoms with Gasteiger partial charge in [-0.05, 0) is 55.8 Å². The summed E-state index contributed by atoms with van der Waals surface area (Å²) in [6, 6.07) is 13.4. The average molecular weight is 358 g/mol. The molecule has 2 aromatic carbocycles. The van der Waals surface area contributed by atoms with Gasteiger partial charge >= 0.3 is 0 Å². The Morgan fingerprint density at radius 2 is 1.96 bits per heavy atom. The van der Waals surface area contributed by atoms with E-state index in [9.17, 15) is 9.18 Å². The first-order chi connectivity index (χ1) is 12.6. The Hall–Kier alpha value is -2.44. The number of hydrogen-bond donors (Lipinski definition) is 2. The molecule has 26 heavy (non-hydrogen) atoms. The minimum atomic E-state index is -0.792. The normalized spacial score (nSPS) is 16.1. The second kappa shape index (κ2) is 8.29. The van der Waals surface area contributed by atoms with Crippen LogP contribution in [-0.4, -0.2) is 31.7 Å². The Kier molecular flexibility index (Phi) is 5.85. The van der Waals surface area contributed by atoms with Gasteiger partial charge in [-0.3, -0.25) is 4.79 Å². The Bertz CT molecular complexity index is 760. The zero-order valence-corrected chi connectivity index (χ0v) is 14.8. The largest absolute Gasteiger partial charge is 0.489 e. The van der Waals surface area contributed by atoms with Crippen LogP contribution in [0.1, 0.15) is 18.4 Å². The van der Waals surface area contributed by atoms with Gasteiger partial charge in [0, 0.05) is 18.9 Å². The van der Waals surface area contributed by atoms with Crippen LogP contribution < -0.4 is 15.4 Å². The number of ether oxygens (including phenoxy) is 2. The lowest BCUT2D eigenvalue weighted by atomic mass is 9.91. The van der Waals surface area contributed by atoms with Gasteiger partial charge in [-0.25, -0.2) is 4.39 Å². The summed E-state index contributed by atoms with van der Waals surface area (Å²) < 4.78 is 24.4.